The third kappa shape index (κ3) is 7.39. The van der Waals surface area contributed by atoms with Crippen LogP contribution < -0.4 is 11.1 Å². The zero-order chi connectivity index (χ0) is 15.7. The van der Waals surface area contributed by atoms with Gasteiger partial charge in [-0.2, -0.15) is 0 Å². The lowest BCUT2D eigenvalue weighted by atomic mass is 10.1. The molecule has 21 heavy (non-hydrogen) atoms. The van der Waals surface area contributed by atoms with Crippen molar-refractivity contribution in [1.82, 2.24) is 5.32 Å². The van der Waals surface area contributed by atoms with Gasteiger partial charge in [-0.15, -0.1) is 0 Å². The molecule has 1 aromatic carbocycles. The Morgan fingerprint density at radius 2 is 1.95 bits per heavy atom. The van der Waals surface area contributed by atoms with E-state index in [2.05, 4.69) is 27.9 Å². The Labute approximate surface area is 137 Å². The molecule has 0 aromatic heterocycles. The van der Waals surface area contributed by atoms with Gasteiger partial charge in [-0.05, 0) is 40.3 Å². The van der Waals surface area contributed by atoms with Crippen LogP contribution in [-0.4, -0.2) is 44.8 Å². The van der Waals surface area contributed by atoms with Crippen molar-refractivity contribution >= 4 is 34.4 Å². The van der Waals surface area contributed by atoms with E-state index in [1.807, 2.05) is 24.3 Å². The van der Waals surface area contributed by atoms with E-state index in [0.717, 1.165) is 9.13 Å². The van der Waals surface area contributed by atoms with Crippen molar-refractivity contribution in [2.45, 2.75) is 12.5 Å². The van der Waals surface area contributed by atoms with E-state index in [0.29, 0.717) is 19.6 Å². The monoisotopic (exact) mass is 406 g/mol. The summed E-state index contributed by atoms with van der Waals surface area (Å²) in [4.78, 5) is 23.1. The van der Waals surface area contributed by atoms with E-state index < -0.39 is 11.9 Å². The molecule has 6 nitrogen and oxygen atoms in total. The number of nitrogens with two attached hydrogens (primary N) is 1. The van der Waals surface area contributed by atoms with Crippen LogP contribution in [0, 0.1) is 3.57 Å². The highest BCUT2D eigenvalue weighted by molar-refractivity contribution is 14.1. The van der Waals surface area contributed by atoms with Gasteiger partial charge in [0.15, 0.2) is 0 Å². The van der Waals surface area contributed by atoms with E-state index in [-0.39, 0.29) is 12.5 Å². The van der Waals surface area contributed by atoms with Crippen LogP contribution in [0.25, 0.3) is 0 Å². The predicted molar refractivity (Wildman–Crippen MR) is 86.7 cm³/mol. The fraction of sp³-hybridized carbons (Fsp3) is 0.429. The van der Waals surface area contributed by atoms with E-state index in [9.17, 15) is 9.59 Å². The summed E-state index contributed by atoms with van der Waals surface area (Å²) in [6, 6.07) is 6.93. The van der Waals surface area contributed by atoms with Crippen LogP contribution in [-0.2, 0) is 25.5 Å². The molecule has 0 heterocycles. The van der Waals surface area contributed by atoms with Crippen molar-refractivity contribution < 1.29 is 19.1 Å². The highest BCUT2D eigenvalue weighted by atomic mass is 127. The number of benzene rings is 1. The van der Waals surface area contributed by atoms with Gasteiger partial charge in [0.2, 0.25) is 11.8 Å². The van der Waals surface area contributed by atoms with Crippen molar-refractivity contribution in [2.24, 2.45) is 5.73 Å². The number of amides is 2. The molecule has 0 unspecified atom stereocenters. The van der Waals surface area contributed by atoms with Gasteiger partial charge >= 0.3 is 0 Å². The van der Waals surface area contributed by atoms with Gasteiger partial charge < -0.3 is 20.5 Å². The van der Waals surface area contributed by atoms with Gasteiger partial charge in [-0.3, -0.25) is 9.59 Å². The van der Waals surface area contributed by atoms with Crippen molar-refractivity contribution in [3.8, 4) is 0 Å². The second kappa shape index (κ2) is 9.69. The summed E-state index contributed by atoms with van der Waals surface area (Å²) in [6.45, 7) is 0.608. The number of nitrogens with one attached hydrogen (secondary N) is 1. The van der Waals surface area contributed by atoms with Crippen LogP contribution in [0.15, 0.2) is 24.3 Å². The number of rotatable bonds is 9. The molecule has 0 saturated heterocycles. The zero-order valence-corrected chi connectivity index (χ0v) is 14.0. The molecule has 0 aliphatic carbocycles. The first kappa shape index (κ1) is 17.9. The first-order valence-corrected chi connectivity index (χ1v) is 7.50. The van der Waals surface area contributed by atoms with Crippen molar-refractivity contribution in [2.75, 3.05) is 26.9 Å². The molecule has 0 fully saturated rings. The Morgan fingerprint density at radius 3 is 2.52 bits per heavy atom. The fourth-order valence-electron chi connectivity index (χ4n) is 1.62. The Hall–Kier alpha value is -1.19. The number of hydrogen-bond donors (Lipinski definition) is 2. The van der Waals surface area contributed by atoms with E-state index in [4.69, 9.17) is 15.2 Å². The average molecular weight is 406 g/mol. The molecular formula is C14H19IN2O4. The first-order chi connectivity index (χ1) is 10.0. The molecule has 0 aliphatic rings. The maximum atomic E-state index is 11.7. The summed E-state index contributed by atoms with van der Waals surface area (Å²) in [6.07, 6.45) is 0.357. The molecule has 0 radical (unpaired) electrons. The molecule has 2 amide bonds. The number of ether oxygens (including phenoxy) is 2. The molecule has 0 bridgehead atoms. The summed E-state index contributed by atoms with van der Waals surface area (Å²) >= 11 is 2.20. The second-order valence-corrected chi connectivity index (χ2v) is 5.64. The van der Waals surface area contributed by atoms with Gasteiger partial charge in [0.05, 0.1) is 13.2 Å². The number of hydrogen-bond acceptors (Lipinski definition) is 4. The predicted octanol–water partition coefficient (Wildman–Crippen LogP) is 0.467. The molecule has 1 rings (SSSR count). The Bertz CT molecular complexity index is 465. The van der Waals surface area contributed by atoms with Crippen LogP contribution >= 0.6 is 22.6 Å². The Morgan fingerprint density at radius 1 is 1.29 bits per heavy atom. The largest absolute Gasteiger partial charge is 0.382 e. The van der Waals surface area contributed by atoms with E-state index >= 15 is 0 Å². The van der Waals surface area contributed by atoms with Gasteiger partial charge in [0, 0.05) is 17.1 Å². The summed E-state index contributed by atoms with van der Waals surface area (Å²) in [5, 5.41) is 2.58. The molecule has 1 atom stereocenters. The molecule has 0 spiro atoms. The minimum Gasteiger partial charge on any atom is -0.382 e. The number of methoxy groups -OCH3 is 1. The SMILES string of the molecule is COCCOCC(=O)N[C@H](Cc1ccc(I)cc1)C(N)=O. The lowest BCUT2D eigenvalue weighted by molar-refractivity contribution is -0.130. The zero-order valence-electron chi connectivity index (χ0n) is 11.8. The molecule has 0 aliphatic heterocycles. The quantitative estimate of drug-likeness (QED) is 0.461. The molecule has 116 valence electrons. The highest BCUT2D eigenvalue weighted by Gasteiger charge is 2.18. The van der Waals surface area contributed by atoms with Crippen LogP contribution in [0.4, 0.5) is 0 Å². The fourth-order valence-corrected chi connectivity index (χ4v) is 1.98. The molecule has 1 aromatic rings. The minimum atomic E-state index is -0.747. The van der Waals surface area contributed by atoms with Gasteiger partial charge in [0.25, 0.3) is 0 Å². The van der Waals surface area contributed by atoms with Crippen LogP contribution in [0.2, 0.25) is 0 Å². The van der Waals surface area contributed by atoms with Crippen molar-refractivity contribution in [1.29, 1.82) is 0 Å². The topological polar surface area (TPSA) is 90.7 Å². The summed E-state index contributed by atoms with van der Waals surface area (Å²) in [5.74, 6) is -0.945. The van der Waals surface area contributed by atoms with Crippen molar-refractivity contribution in [3.63, 3.8) is 0 Å². The smallest absolute Gasteiger partial charge is 0.246 e. The highest BCUT2D eigenvalue weighted by Crippen LogP contribution is 2.08. The second-order valence-electron chi connectivity index (χ2n) is 4.40. The van der Waals surface area contributed by atoms with E-state index in [1.165, 1.54) is 0 Å². The van der Waals surface area contributed by atoms with Gasteiger partial charge in [-0.1, -0.05) is 12.1 Å². The van der Waals surface area contributed by atoms with Gasteiger partial charge in [-0.25, -0.2) is 0 Å². The molecule has 3 N–H and O–H groups in total. The van der Waals surface area contributed by atoms with Crippen molar-refractivity contribution in [3.05, 3.63) is 33.4 Å². The molecule has 0 saturated carbocycles. The lowest BCUT2D eigenvalue weighted by Gasteiger charge is -2.15. The maximum Gasteiger partial charge on any atom is 0.246 e. The lowest BCUT2D eigenvalue weighted by Crippen LogP contribution is -2.47. The maximum absolute atomic E-state index is 11.7. The van der Waals surface area contributed by atoms with E-state index in [1.54, 1.807) is 7.11 Å². The van der Waals surface area contributed by atoms with Gasteiger partial charge in [0.1, 0.15) is 12.6 Å². The number of halogens is 1. The standard InChI is InChI=1S/C14H19IN2O4/c1-20-6-7-21-9-13(18)17-12(14(16)19)8-10-2-4-11(15)5-3-10/h2-5,12H,6-9H2,1H3,(H2,16,19)(H,17,18)/t12-/m1/s1. The van der Waals surface area contributed by atoms with Crippen LogP contribution in [0.5, 0.6) is 0 Å². The summed E-state index contributed by atoms with van der Waals surface area (Å²) in [7, 11) is 1.55. The molecule has 7 heteroatoms. The third-order valence-corrected chi connectivity index (χ3v) is 3.42. The number of carbonyl (C=O) groups excluding carboxylic acids is 2. The average Bonchev–Trinajstić information content (AvgIpc) is 2.45. The van der Waals surface area contributed by atoms with Crippen LogP contribution in [0.1, 0.15) is 5.56 Å². The normalized spacial score (nSPS) is 11.9. The van der Waals surface area contributed by atoms with Crippen LogP contribution in [0.3, 0.4) is 0 Å². The third-order valence-electron chi connectivity index (χ3n) is 2.70. The Balaban J connectivity index is 2.48. The first-order valence-electron chi connectivity index (χ1n) is 6.42. The summed E-state index contributed by atoms with van der Waals surface area (Å²) < 4.78 is 11.0. The minimum absolute atomic E-state index is 0.125. The Kier molecular flexibility index (Phi) is 8.24. The molecular weight excluding hydrogens is 387 g/mol. The summed E-state index contributed by atoms with van der Waals surface area (Å²) in [5.41, 5.74) is 6.25. The number of carbonyl (C=O) groups is 2. The number of primary amides is 1.